The highest BCUT2D eigenvalue weighted by Crippen LogP contribution is 2.27. The van der Waals surface area contributed by atoms with Gasteiger partial charge >= 0.3 is 0 Å². The summed E-state index contributed by atoms with van der Waals surface area (Å²) in [5.41, 5.74) is 0.328. The summed E-state index contributed by atoms with van der Waals surface area (Å²) < 4.78 is 0.796. The molecule has 2 aromatic rings. The van der Waals surface area contributed by atoms with E-state index in [1.807, 2.05) is 6.92 Å². The first-order chi connectivity index (χ1) is 9.90. The van der Waals surface area contributed by atoms with Gasteiger partial charge in [0.1, 0.15) is 11.4 Å². The van der Waals surface area contributed by atoms with Gasteiger partial charge in [-0.05, 0) is 40.5 Å². The van der Waals surface area contributed by atoms with E-state index in [9.17, 15) is 14.9 Å². The molecule has 0 spiro atoms. The molecule has 0 unspecified atom stereocenters. The fourth-order valence-corrected chi connectivity index (χ4v) is 2.15. The van der Waals surface area contributed by atoms with Crippen LogP contribution in [0.15, 0.2) is 34.9 Å². The molecule has 1 amide bonds. The smallest absolute Gasteiger partial charge is 0.283 e. The predicted octanol–water partition coefficient (Wildman–Crippen LogP) is 3.97. The first kappa shape index (κ1) is 15.4. The zero-order valence-electron chi connectivity index (χ0n) is 10.8. The molecular formula is C13H9BrClN3O3. The van der Waals surface area contributed by atoms with E-state index in [-0.39, 0.29) is 22.1 Å². The topological polar surface area (TPSA) is 85.1 Å². The quantitative estimate of drug-likeness (QED) is 0.654. The summed E-state index contributed by atoms with van der Waals surface area (Å²) in [4.78, 5) is 26.5. The Labute approximate surface area is 133 Å². The minimum absolute atomic E-state index is 0.00975. The summed E-state index contributed by atoms with van der Waals surface area (Å²) in [5.74, 6) is -0.392. The van der Waals surface area contributed by atoms with Crippen LogP contribution in [0.4, 0.5) is 11.5 Å². The van der Waals surface area contributed by atoms with Gasteiger partial charge in [-0.1, -0.05) is 17.7 Å². The third-order valence-electron chi connectivity index (χ3n) is 2.70. The van der Waals surface area contributed by atoms with E-state index >= 15 is 0 Å². The molecule has 1 heterocycles. The summed E-state index contributed by atoms with van der Waals surface area (Å²) >= 11 is 9.20. The molecule has 0 atom stereocenters. The van der Waals surface area contributed by atoms with Crippen molar-refractivity contribution in [2.24, 2.45) is 0 Å². The number of nitrogens with one attached hydrogen (secondary N) is 1. The van der Waals surface area contributed by atoms with Crippen molar-refractivity contribution in [2.45, 2.75) is 6.92 Å². The van der Waals surface area contributed by atoms with Crippen LogP contribution in [0, 0.1) is 17.0 Å². The normalized spacial score (nSPS) is 10.2. The highest BCUT2D eigenvalue weighted by atomic mass is 79.9. The van der Waals surface area contributed by atoms with Crippen molar-refractivity contribution in [1.82, 2.24) is 4.98 Å². The molecule has 108 valence electrons. The van der Waals surface area contributed by atoms with Gasteiger partial charge in [-0.2, -0.15) is 0 Å². The number of amides is 1. The van der Waals surface area contributed by atoms with E-state index in [0.29, 0.717) is 0 Å². The third kappa shape index (κ3) is 3.37. The number of anilines is 1. The molecule has 1 aromatic heterocycles. The Morgan fingerprint density at radius 1 is 1.48 bits per heavy atom. The van der Waals surface area contributed by atoms with Crippen molar-refractivity contribution >= 4 is 44.9 Å². The first-order valence-electron chi connectivity index (χ1n) is 5.76. The van der Waals surface area contributed by atoms with Crippen LogP contribution in [0.5, 0.6) is 0 Å². The van der Waals surface area contributed by atoms with Gasteiger partial charge in [-0.15, -0.1) is 0 Å². The zero-order chi connectivity index (χ0) is 15.6. The number of nitro benzene ring substituents is 1. The minimum atomic E-state index is -0.679. The number of pyridine rings is 1. The van der Waals surface area contributed by atoms with Gasteiger partial charge in [-0.25, -0.2) is 4.98 Å². The number of hydrogen-bond donors (Lipinski definition) is 1. The van der Waals surface area contributed by atoms with Gasteiger partial charge in [-0.3, -0.25) is 14.9 Å². The molecule has 0 fully saturated rings. The molecule has 1 aromatic carbocycles. The maximum Gasteiger partial charge on any atom is 0.283 e. The molecular weight excluding hydrogens is 362 g/mol. The van der Waals surface area contributed by atoms with Crippen LogP contribution in [-0.4, -0.2) is 15.8 Å². The second kappa shape index (κ2) is 6.19. The van der Waals surface area contributed by atoms with Crippen LogP contribution >= 0.6 is 27.5 Å². The SMILES string of the molecule is Cc1cc(NC(=O)c2c(Cl)cccc2[N+](=O)[O-])ncc1Br. The lowest BCUT2D eigenvalue weighted by Crippen LogP contribution is -2.15. The number of aromatic nitrogens is 1. The van der Waals surface area contributed by atoms with Crippen molar-refractivity contribution in [3.05, 3.63) is 61.2 Å². The maximum absolute atomic E-state index is 12.2. The van der Waals surface area contributed by atoms with Crippen molar-refractivity contribution in [2.75, 3.05) is 5.32 Å². The van der Waals surface area contributed by atoms with E-state index in [0.717, 1.165) is 10.0 Å². The average molecular weight is 371 g/mol. The Morgan fingerprint density at radius 3 is 2.81 bits per heavy atom. The molecule has 0 aliphatic rings. The van der Waals surface area contributed by atoms with Gasteiger partial charge in [0.05, 0.1) is 9.95 Å². The monoisotopic (exact) mass is 369 g/mol. The van der Waals surface area contributed by atoms with Crippen LogP contribution in [0.2, 0.25) is 5.02 Å². The molecule has 0 saturated carbocycles. The lowest BCUT2D eigenvalue weighted by atomic mass is 10.1. The highest BCUT2D eigenvalue weighted by Gasteiger charge is 2.23. The van der Waals surface area contributed by atoms with Crippen molar-refractivity contribution < 1.29 is 9.72 Å². The van der Waals surface area contributed by atoms with Crippen LogP contribution < -0.4 is 5.32 Å². The number of rotatable bonds is 3. The second-order valence-corrected chi connectivity index (χ2v) is 5.43. The molecule has 0 bridgehead atoms. The van der Waals surface area contributed by atoms with Gasteiger partial charge in [0.25, 0.3) is 11.6 Å². The van der Waals surface area contributed by atoms with Crippen LogP contribution in [0.3, 0.4) is 0 Å². The van der Waals surface area contributed by atoms with E-state index in [1.54, 1.807) is 6.07 Å². The predicted molar refractivity (Wildman–Crippen MR) is 82.7 cm³/mol. The number of halogens is 2. The van der Waals surface area contributed by atoms with Crippen LogP contribution in [0.25, 0.3) is 0 Å². The van der Waals surface area contributed by atoms with Crippen LogP contribution in [-0.2, 0) is 0 Å². The fraction of sp³-hybridized carbons (Fsp3) is 0.0769. The van der Waals surface area contributed by atoms with E-state index < -0.39 is 10.8 Å². The number of carbonyl (C=O) groups is 1. The minimum Gasteiger partial charge on any atom is -0.306 e. The summed E-state index contributed by atoms with van der Waals surface area (Å²) in [6, 6.07) is 5.70. The molecule has 0 saturated heterocycles. The molecule has 2 rings (SSSR count). The Balaban J connectivity index is 2.36. The Kier molecular flexibility index (Phi) is 4.54. The number of nitrogens with zero attached hydrogens (tertiary/aromatic N) is 2. The van der Waals surface area contributed by atoms with Crippen LogP contribution in [0.1, 0.15) is 15.9 Å². The molecule has 0 radical (unpaired) electrons. The Hall–Kier alpha value is -1.99. The third-order valence-corrected chi connectivity index (χ3v) is 3.85. The van der Waals surface area contributed by atoms with Gasteiger partial charge in [0.15, 0.2) is 0 Å². The molecule has 0 aliphatic carbocycles. The summed E-state index contributed by atoms with van der Waals surface area (Å²) in [6.07, 6.45) is 1.53. The number of carbonyl (C=O) groups excluding carboxylic acids is 1. The first-order valence-corrected chi connectivity index (χ1v) is 6.93. The van der Waals surface area contributed by atoms with Gasteiger partial charge in [0.2, 0.25) is 0 Å². The number of aryl methyl sites for hydroxylation is 1. The average Bonchev–Trinajstić information content (AvgIpc) is 2.42. The van der Waals surface area contributed by atoms with Gasteiger partial charge in [0, 0.05) is 16.7 Å². The largest absolute Gasteiger partial charge is 0.306 e. The second-order valence-electron chi connectivity index (χ2n) is 4.16. The molecule has 0 aliphatic heterocycles. The van der Waals surface area contributed by atoms with Gasteiger partial charge < -0.3 is 5.32 Å². The molecule has 8 heteroatoms. The van der Waals surface area contributed by atoms with Crippen molar-refractivity contribution in [1.29, 1.82) is 0 Å². The maximum atomic E-state index is 12.2. The fourth-order valence-electron chi connectivity index (χ4n) is 1.68. The van der Waals surface area contributed by atoms with E-state index in [2.05, 4.69) is 26.2 Å². The van der Waals surface area contributed by atoms with E-state index in [4.69, 9.17) is 11.6 Å². The summed E-state index contributed by atoms with van der Waals surface area (Å²) in [6.45, 7) is 1.83. The zero-order valence-corrected chi connectivity index (χ0v) is 13.1. The van der Waals surface area contributed by atoms with Crippen molar-refractivity contribution in [3.8, 4) is 0 Å². The number of hydrogen-bond acceptors (Lipinski definition) is 4. The number of benzene rings is 1. The Bertz CT molecular complexity index is 737. The molecule has 1 N–H and O–H groups in total. The standard InChI is InChI=1S/C13H9BrClN3O3/c1-7-5-11(16-6-8(7)14)17-13(19)12-9(15)3-2-4-10(12)18(20)21/h2-6H,1H3,(H,16,17,19). The lowest BCUT2D eigenvalue weighted by molar-refractivity contribution is -0.385. The summed E-state index contributed by atoms with van der Waals surface area (Å²) in [5, 5.41) is 13.5. The lowest BCUT2D eigenvalue weighted by Gasteiger charge is -2.07. The summed E-state index contributed by atoms with van der Waals surface area (Å²) in [7, 11) is 0. The molecule has 21 heavy (non-hydrogen) atoms. The van der Waals surface area contributed by atoms with Crippen molar-refractivity contribution in [3.63, 3.8) is 0 Å². The number of nitro groups is 1. The highest BCUT2D eigenvalue weighted by molar-refractivity contribution is 9.10. The molecule has 6 nitrogen and oxygen atoms in total. The van der Waals surface area contributed by atoms with E-state index in [1.165, 1.54) is 24.4 Å². The Morgan fingerprint density at radius 2 is 2.19 bits per heavy atom.